The van der Waals surface area contributed by atoms with Gasteiger partial charge < -0.3 is 24.8 Å². The Balaban J connectivity index is 1.08. The van der Waals surface area contributed by atoms with E-state index in [9.17, 15) is 9.59 Å². The van der Waals surface area contributed by atoms with Gasteiger partial charge in [0, 0.05) is 68.3 Å². The molecule has 0 aromatic heterocycles. The number of piperidine rings is 2. The number of amides is 2. The summed E-state index contributed by atoms with van der Waals surface area (Å²) >= 11 is 10.1. The number of hydrogen-bond acceptors (Lipinski definition) is 7. The maximum atomic E-state index is 14.4. The van der Waals surface area contributed by atoms with Crippen LogP contribution in [-0.4, -0.2) is 114 Å². The van der Waals surface area contributed by atoms with Crippen LogP contribution in [0.3, 0.4) is 0 Å². The Hall–Kier alpha value is -2.21. The average Bonchev–Trinajstić information content (AvgIpc) is 3.06. The first-order valence-electron chi connectivity index (χ1n) is 16.9. The number of benzene rings is 2. The van der Waals surface area contributed by atoms with Crippen molar-refractivity contribution < 1.29 is 14.3 Å². The molecule has 3 unspecified atom stereocenters. The number of nitrogens with one attached hydrogen (secondary N) is 1. The van der Waals surface area contributed by atoms with Gasteiger partial charge in [0.2, 0.25) is 17.7 Å². The van der Waals surface area contributed by atoms with E-state index in [1.54, 1.807) is 0 Å². The zero-order valence-corrected chi connectivity index (χ0v) is 29.4. The highest BCUT2D eigenvalue weighted by Gasteiger charge is 2.59. The third kappa shape index (κ3) is 6.33. The highest BCUT2D eigenvalue weighted by Crippen LogP contribution is 2.47. The first kappa shape index (κ1) is 32.3. The van der Waals surface area contributed by atoms with Crippen LogP contribution in [0.2, 0.25) is 5.02 Å². The smallest absolute Gasteiger partial charge is 0.226 e. The molecular formula is C35H46BrClN6O3. The number of para-hydroxylation sites is 1. The molecule has 248 valence electrons. The number of rotatable bonds is 7. The van der Waals surface area contributed by atoms with Crippen molar-refractivity contribution >= 4 is 45.0 Å². The van der Waals surface area contributed by atoms with Gasteiger partial charge >= 0.3 is 0 Å². The first-order valence-corrected chi connectivity index (χ1v) is 18.1. The summed E-state index contributed by atoms with van der Waals surface area (Å²) in [5.41, 5.74) is 4.29. The lowest BCUT2D eigenvalue weighted by molar-refractivity contribution is -0.369. The normalized spacial score (nSPS) is 26.7. The van der Waals surface area contributed by atoms with Crippen LogP contribution in [0.1, 0.15) is 48.8 Å². The molecule has 0 aliphatic carbocycles. The van der Waals surface area contributed by atoms with Crippen molar-refractivity contribution in [2.75, 3.05) is 64.8 Å². The third-order valence-corrected chi connectivity index (χ3v) is 12.3. The van der Waals surface area contributed by atoms with Gasteiger partial charge in [0.1, 0.15) is 0 Å². The van der Waals surface area contributed by atoms with Gasteiger partial charge in [-0.05, 0) is 97.5 Å². The second kappa shape index (κ2) is 13.4. The lowest BCUT2D eigenvalue weighted by atomic mass is 9.89. The lowest BCUT2D eigenvalue weighted by Gasteiger charge is -2.63. The van der Waals surface area contributed by atoms with E-state index in [0.717, 1.165) is 60.3 Å². The maximum Gasteiger partial charge on any atom is 0.226 e. The van der Waals surface area contributed by atoms with Crippen LogP contribution in [0.4, 0.5) is 5.69 Å². The van der Waals surface area contributed by atoms with E-state index in [-0.39, 0.29) is 24.3 Å². The van der Waals surface area contributed by atoms with Gasteiger partial charge in [-0.2, -0.15) is 0 Å². The van der Waals surface area contributed by atoms with Crippen LogP contribution in [0.5, 0.6) is 0 Å². The zero-order valence-electron chi connectivity index (χ0n) is 27.0. The zero-order chi connectivity index (χ0) is 32.0. The fourth-order valence-corrected chi connectivity index (χ4v) is 8.96. The molecule has 8 rings (SSSR count). The molecule has 0 saturated carbocycles. The van der Waals surface area contributed by atoms with E-state index in [2.05, 4.69) is 67.3 Å². The highest BCUT2D eigenvalue weighted by molar-refractivity contribution is 9.10. The second-order valence-corrected chi connectivity index (χ2v) is 15.2. The van der Waals surface area contributed by atoms with Crippen molar-refractivity contribution in [3.63, 3.8) is 0 Å². The standard InChI is InChI=1S/C35H46BrClN6O3/c1-24-17-25(19-30(36)33(24)37)18-27(34(45)41-15-13-40(14-16-41)28-7-10-39(2)11-8-28)20-32(44)43-12-9-29-21-35(43,46-29)42-22-26-5-3-4-6-31(26)38-23-42/h3-6,17,19,27-29,38H,7-16,18,20-23H2,1-2H3. The summed E-state index contributed by atoms with van der Waals surface area (Å²) < 4.78 is 7.33. The molecule has 9 nitrogen and oxygen atoms in total. The van der Waals surface area contributed by atoms with E-state index in [0.29, 0.717) is 50.3 Å². The molecule has 0 radical (unpaired) electrons. The second-order valence-electron chi connectivity index (χ2n) is 13.9. The molecule has 2 aromatic rings. The first-order chi connectivity index (χ1) is 22.2. The van der Waals surface area contributed by atoms with Crippen LogP contribution in [-0.2, 0) is 27.3 Å². The molecule has 2 amide bonds. The van der Waals surface area contributed by atoms with Crippen LogP contribution in [0, 0.1) is 12.8 Å². The van der Waals surface area contributed by atoms with E-state index >= 15 is 0 Å². The number of nitrogens with zero attached hydrogens (tertiary/aromatic N) is 5. The van der Waals surface area contributed by atoms with Gasteiger partial charge in [-0.15, -0.1) is 0 Å². The Morgan fingerprint density at radius 3 is 2.54 bits per heavy atom. The maximum absolute atomic E-state index is 14.4. The fourth-order valence-electron chi connectivity index (χ4n) is 8.24. The van der Waals surface area contributed by atoms with E-state index < -0.39 is 11.8 Å². The topological polar surface area (TPSA) is 71.6 Å². The molecule has 6 heterocycles. The Morgan fingerprint density at radius 1 is 1.07 bits per heavy atom. The highest BCUT2D eigenvalue weighted by atomic mass is 79.9. The number of halogens is 2. The Kier molecular flexibility index (Phi) is 9.39. The number of aryl methyl sites for hydroxylation is 1. The van der Waals surface area contributed by atoms with Gasteiger partial charge in [-0.1, -0.05) is 35.9 Å². The summed E-state index contributed by atoms with van der Waals surface area (Å²) in [6, 6.07) is 13.0. The van der Waals surface area contributed by atoms with Gasteiger partial charge in [0.15, 0.2) is 0 Å². The summed E-state index contributed by atoms with van der Waals surface area (Å²) in [6.45, 7) is 9.39. The summed E-state index contributed by atoms with van der Waals surface area (Å²) in [5, 5.41) is 4.20. The monoisotopic (exact) mass is 712 g/mol. The Bertz CT molecular complexity index is 1430. The molecule has 2 bridgehead atoms. The summed E-state index contributed by atoms with van der Waals surface area (Å²) in [6.07, 6.45) is 4.81. The summed E-state index contributed by atoms with van der Waals surface area (Å²) in [7, 11) is 2.19. The van der Waals surface area contributed by atoms with Crippen LogP contribution >= 0.6 is 27.5 Å². The number of carbonyl (C=O) groups excluding carboxylic acids is 2. The minimum absolute atomic E-state index is 0.00919. The molecule has 1 N–H and O–H groups in total. The molecule has 3 atom stereocenters. The number of likely N-dealkylation sites (tertiary alicyclic amines) is 1. The van der Waals surface area contributed by atoms with Gasteiger partial charge in [-0.25, -0.2) is 4.90 Å². The number of anilines is 1. The van der Waals surface area contributed by atoms with Crippen molar-refractivity contribution in [3.8, 4) is 0 Å². The quantitative estimate of drug-likeness (QED) is 0.444. The number of fused-ring (bicyclic) bond motifs is 3. The van der Waals surface area contributed by atoms with Gasteiger partial charge in [-0.3, -0.25) is 14.5 Å². The van der Waals surface area contributed by atoms with Gasteiger partial charge in [0.05, 0.1) is 23.7 Å². The molecule has 5 saturated heterocycles. The predicted molar refractivity (Wildman–Crippen MR) is 183 cm³/mol. The van der Waals surface area contributed by atoms with E-state index in [4.69, 9.17) is 16.3 Å². The minimum atomic E-state index is -0.770. The van der Waals surface area contributed by atoms with E-state index in [1.807, 2.05) is 28.9 Å². The Morgan fingerprint density at radius 2 is 1.80 bits per heavy atom. The average molecular weight is 714 g/mol. The molecular weight excluding hydrogens is 668 g/mol. The van der Waals surface area contributed by atoms with Crippen molar-refractivity contribution in [1.82, 2.24) is 24.5 Å². The molecule has 2 aromatic carbocycles. The molecule has 5 fully saturated rings. The SMILES string of the molecule is Cc1cc(CC(CC(=O)N2CCC3CC2(N2CNc4ccccc4C2)O3)C(=O)N2CCN(C3CCN(C)CC3)CC2)cc(Br)c1Cl. The number of hydrogen-bond donors (Lipinski definition) is 1. The molecule has 0 spiro atoms. The van der Waals surface area contributed by atoms with Crippen molar-refractivity contribution in [1.29, 1.82) is 0 Å². The lowest BCUT2D eigenvalue weighted by Crippen LogP contribution is -2.76. The number of piperazine rings is 1. The fraction of sp³-hybridized carbons (Fsp3) is 0.600. The Labute approximate surface area is 286 Å². The molecule has 46 heavy (non-hydrogen) atoms. The van der Waals surface area contributed by atoms with Crippen LogP contribution < -0.4 is 5.32 Å². The summed E-state index contributed by atoms with van der Waals surface area (Å²) in [5.74, 6) is -1.17. The molecule has 6 aliphatic heterocycles. The molecule has 6 aliphatic rings. The van der Waals surface area contributed by atoms with Crippen molar-refractivity contribution in [2.45, 2.75) is 70.0 Å². The minimum Gasteiger partial charge on any atom is -0.372 e. The van der Waals surface area contributed by atoms with Crippen molar-refractivity contribution in [3.05, 3.63) is 62.6 Å². The number of ether oxygens (including phenoxy) is 1. The number of carbonyl (C=O) groups is 2. The van der Waals surface area contributed by atoms with E-state index in [1.165, 1.54) is 18.4 Å². The predicted octanol–water partition coefficient (Wildman–Crippen LogP) is 4.76. The van der Waals surface area contributed by atoms with Crippen molar-refractivity contribution in [2.24, 2.45) is 5.92 Å². The summed E-state index contributed by atoms with van der Waals surface area (Å²) in [4.78, 5) is 39.9. The van der Waals surface area contributed by atoms with Crippen LogP contribution in [0.25, 0.3) is 0 Å². The van der Waals surface area contributed by atoms with Gasteiger partial charge in [0.25, 0.3) is 0 Å². The molecule has 11 heteroatoms. The third-order valence-electron chi connectivity index (χ3n) is 10.9. The largest absolute Gasteiger partial charge is 0.372 e. The van der Waals surface area contributed by atoms with Crippen LogP contribution in [0.15, 0.2) is 40.9 Å².